The lowest BCUT2D eigenvalue weighted by Crippen LogP contribution is -2.22. The Kier molecular flexibility index (Phi) is 8.12. The van der Waals surface area contributed by atoms with Crippen molar-refractivity contribution in [2.45, 2.75) is 13.8 Å². The first-order chi connectivity index (χ1) is 16.3. The summed E-state index contributed by atoms with van der Waals surface area (Å²) in [7, 11) is 0. The van der Waals surface area contributed by atoms with Gasteiger partial charge in [0.2, 0.25) is 0 Å². The summed E-state index contributed by atoms with van der Waals surface area (Å²) in [5.41, 5.74) is 2.18. The second-order valence-electron chi connectivity index (χ2n) is 7.39. The van der Waals surface area contributed by atoms with Crippen LogP contribution in [0.25, 0.3) is 0 Å². The van der Waals surface area contributed by atoms with Gasteiger partial charge in [0.25, 0.3) is 11.8 Å². The Morgan fingerprint density at radius 3 is 1.26 bits per heavy atom. The first-order valence-corrected chi connectivity index (χ1v) is 10.5. The number of nitrogens with one attached hydrogen (secondary N) is 2. The monoisotopic (exact) mass is 460 g/mol. The third kappa shape index (κ3) is 7.03. The molecule has 3 rings (SSSR count). The van der Waals surface area contributed by atoms with Crippen LogP contribution < -0.4 is 20.1 Å². The molecule has 2 amide bonds. The molecule has 0 aliphatic heterocycles. The Labute approximate surface area is 196 Å². The lowest BCUT2D eigenvalue weighted by Gasteiger charge is -2.13. The quantitative estimate of drug-likeness (QED) is 0.440. The standard InChI is InChI=1S/C26H24N2O6/c1-17(29)19-7-11-21(12-8-19)27-25(31)15-33-23-5-3-4-6-24(23)34-16-26(32)28-22-13-9-20(10-14-22)18(2)30/h3-14H,15-16H2,1-2H3,(H,27,31)(H,28,32). The molecular weight excluding hydrogens is 436 g/mol. The van der Waals surface area contributed by atoms with Crippen molar-refractivity contribution in [3.63, 3.8) is 0 Å². The maximum absolute atomic E-state index is 12.2. The minimum Gasteiger partial charge on any atom is -0.480 e. The zero-order valence-electron chi connectivity index (χ0n) is 18.8. The summed E-state index contributed by atoms with van der Waals surface area (Å²) in [5, 5.41) is 5.37. The molecular formula is C26H24N2O6. The molecule has 0 saturated heterocycles. The van der Waals surface area contributed by atoms with E-state index in [0.717, 1.165) is 0 Å². The molecule has 0 aromatic heterocycles. The zero-order chi connectivity index (χ0) is 24.5. The smallest absolute Gasteiger partial charge is 0.262 e. The SMILES string of the molecule is CC(=O)c1ccc(NC(=O)COc2ccccc2OCC(=O)Nc2ccc(C(C)=O)cc2)cc1. The predicted octanol–water partition coefficient (Wildman–Crippen LogP) is 4.13. The molecule has 0 radical (unpaired) electrons. The van der Waals surface area contributed by atoms with Gasteiger partial charge in [0.15, 0.2) is 36.3 Å². The van der Waals surface area contributed by atoms with Crippen molar-refractivity contribution < 1.29 is 28.7 Å². The Bertz CT molecular complexity index is 1090. The summed E-state index contributed by atoms with van der Waals surface area (Å²) in [4.78, 5) is 47.1. The Balaban J connectivity index is 1.50. The van der Waals surface area contributed by atoms with E-state index in [-0.39, 0.29) is 24.8 Å². The van der Waals surface area contributed by atoms with Gasteiger partial charge in [-0.25, -0.2) is 0 Å². The van der Waals surface area contributed by atoms with Crippen molar-refractivity contribution in [1.82, 2.24) is 0 Å². The Morgan fingerprint density at radius 1 is 0.588 bits per heavy atom. The molecule has 2 N–H and O–H groups in total. The molecule has 0 saturated carbocycles. The minimum atomic E-state index is -0.392. The lowest BCUT2D eigenvalue weighted by atomic mass is 10.1. The van der Waals surface area contributed by atoms with Gasteiger partial charge in [-0.2, -0.15) is 0 Å². The topological polar surface area (TPSA) is 111 Å². The molecule has 0 unspecified atom stereocenters. The van der Waals surface area contributed by atoms with Gasteiger partial charge in [-0.1, -0.05) is 12.1 Å². The Morgan fingerprint density at radius 2 is 0.941 bits per heavy atom. The van der Waals surface area contributed by atoms with Gasteiger partial charge in [0.1, 0.15) is 0 Å². The fraction of sp³-hybridized carbons (Fsp3) is 0.154. The van der Waals surface area contributed by atoms with Gasteiger partial charge in [-0.05, 0) is 74.5 Å². The fourth-order valence-corrected chi connectivity index (χ4v) is 2.95. The van der Waals surface area contributed by atoms with E-state index < -0.39 is 11.8 Å². The van der Waals surface area contributed by atoms with Crippen LogP contribution in [-0.4, -0.2) is 36.6 Å². The van der Waals surface area contributed by atoms with Crippen molar-refractivity contribution in [1.29, 1.82) is 0 Å². The average molecular weight is 460 g/mol. The van der Waals surface area contributed by atoms with Gasteiger partial charge >= 0.3 is 0 Å². The summed E-state index contributed by atoms with van der Waals surface area (Å²) in [6.45, 7) is 2.39. The number of ether oxygens (including phenoxy) is 2. The second-order valence-corrected chi connectivity index (χ2v) is 7.39. The van der Waals surface area contributed by atoms with Crippen LogP contribution in [0.4, 0.5) is 11.4 Å². The number of ketones is 2. The highest BCUT2D eigenvalue weighted by Crippen LogP contribution is 2.26. The van der Waals surface area contributed by atoms with Crippen molar-refractivity contribution >= 4 is 34.8 Å². The molecule has 0 heterocycles. The molecule has 0 spiro atoms. The number of carbonyl (C=O) groups is 4. The molecule has 0 aliphatic rings. The van der Waals surface area contributed by atoms with E-state index in [2.05, 4.69) is 10.6 Å². The number of hydrogen-bond donors (Lipinski definition) is 2. The average Bonchev–Trinajstić information content (AvgIpc) is 2.82. The summed E-state index contributed by atoms with van der Waals surface area (Å²) >= 11 is 0. The second kappa shape index (κ2) is 11.4. The number of benzene rings is 3. The third-order valence-corrected chi connectivity index (χ3v) is 4.72. The van der Waals surface area contributed by atoms with E-state index >= 15 is 0 Å². The van der Waals surface area contributed by atoms with Crippen LogP contribution in [0.5, 0.6) is 11.5 Å². The predicted molar refractivity (Wildman–Crippen MR) is 128 cm³/mol. The maximum atomic E-state index is 12.2. The molecule has 8 heteroatoms. The van der Waals surface area contributed by atoms with Crippen LogP contribution in [0.15, 0.2) is 72.8 Å². The van der Waals surface area contributed by atoms with Crippen LogP contribution in [0.1, 0.15) is 34.6 Å². The number of amides is 2. The fourth-order valence-electron chi connectivity index (χ4n) is 2.95. The van der Waals surface area contributed by atoms with E-state index in [4.69, 9.17) is 9.47 Å². The first kappa shape index (κ1) is 24.2. The molecule has 34 heavy (non-hydrogen) atoms. The molecule has 8 nitrogen and oxygen atoms in total. The van der Waals surface area contributed by atoms with Crippen LogP contribution in [0.3, 0.4) is 0 Å². The summed E-state index contributed by atoms with van der Waals surface area (Å²) < 4.78 is 11.1. The molecule has 3 aromatic carbocycles. The van der Waals surface area contributed by atoms with Crippen molar-refractivity contribution in [2.24, 2.45) is 0 Å². The van der Waals surface area contributed by atoms with E-state index in [9.17, 15) is 19.2 Å². The van der Waals surface area contributed by atoms with E-state index in [1.54, 1.807) is 72.8 Å². The van der Waals surface area contributed by atoms with Crippen molar-refractivity contribution in [3.05, 3.63) is 83.9 Å². The molecule has 0 fully saturated rings. The van der Waals surface area contributed by atoms with E-state index in [1.807, 2.05) is 0 Å². The van der Waals surface area contributed by atoms with Crippen LogP contribution in [0, 0.1) is 0 Å². The highest BCUT2D eigenvalue weighted by molar-refractivity contribution is 5.96. The summed E-state index contributed by atoms with van der Waals surface area (Å²) in [5.74, 6) is -0.282. The number of hydrogen-bond acceptors (Lipinski definition) is 6. The number of rotatable bonds is 10. The summed E-state index contributed by atoms with van der Waals surface area (Å²) in [6, 6.07) is 19.8. The summed E-state index contributed by atoms with van der Waals surface area (Å²) in [6.07, 6.45) is 0. The molecule has 0 aliphatic carbocycles. The van der Waals surface area contributed by atoms with Gasteiger partial charge in [-0.15, -0.1) is 0 Å². The molecule has 3 aromatic rings. The van der Waals surface area contributed by atoms with E-state index in [0.29, 0.717) is 34.0 Å². The molecule has 174 valence electrons. The largest absolute Gasteiger partial charge is 0.480 e. The van der Waals surface area contributed by atoms with Crippen LogP contribution in [0.2, 0.25) is 0 Å². The van der Waals surface area contributed by atoms with Gasteiger partial charge in [0, 0.05) is 22.5 Å². The molecule has 0 atom stereocenters. The maximum Gasteiger partial charge on any atom is 0.262 e. The van der Waals surface area contributed by atoms with Crippen LogP contribution >= 0.6 is 0 Å². The van der Waals surface area contributed by atoms with Crippen molar-refractivity contribution in [3.8, 4) is 11.5 Å². The van der Waals surface area contributed by atoms with Gasteiger partial charge in [0.05, 0.1) is 0 Å². The van der Waals surface area contributed by atoms with Crippen LogP contribution in [-0.2, 0) is 9.59 Å². The number of carbonyl (C=O) groups excluding carboxylic acids is 4. The van der Waals surface area contributed by atoms with Crippen molar-refractivity contribution in [2.75, 3.05) is 23.8 Å². The highest BCUT2D eigenvalue weighted by atomic mass is 16.5. The number of Topliss-reactive ketones (excluding diaryl/α,β-unsaturated/α-hetero) is 2. The first-order valence-electron chi connectivity index (χ1n) is 10.5. The molecule has 0 bridgehead atoms. The Hall–Kier alpha value is -4.46. The number of anilines is 2. The van der Waals surface area contributed by atoms with E-state index in [1.165, 1.54) is 13.8 Å². The minimum absolute atomic E-state index is 0.0580. The highest BCUT2D eigenvalue weighted by Gasteiger charge is 2.11. The van der Waals surface area contributed by atoms with Gasteiger partial charge in [-0.3, -0.25) is 19.2 Å². The third-order valence-electron chi connectivity index (χ3n) is 4.72. The number of para-hydroxylation sites is 2. The zero-order valence-corrected chi connectivity index (χ0v) is 18.8. The normalized spacial score (nSPS) is 10.2. The lowest BCUT2D eigenvalue weighted by molar-refractivity contribution is -0.119. The van der Waals surface area contributed by atoms with Gasteiger partial charge < -0.3 is 20.1 Å².